The van der Waals surface area contributed by atoms with Gasteiger partial charge in [0.25, 0.3) is 0 Å². The topological polar surface area (TPSA) is 48.9 Å². The van der Waals surface area contributed by atoms with Crippen molar-refractivity contribution in [2.75, 3.05) is 40.3 Å². The molecular formula is C17H27F4IN4O. The van der Waals surface area contributed by atoms with Gasteiger partial charge in [0.1, 0.15) is 17.7 Å². The lowest BCUT2D eigenvalue weighted by atomic mass is 10.3. The number of rotatable bonds is 9. The quantitative estimate of drug-likeness (QED) is 0.178. The van der Waals surface area contributed by atoms with Crippen LogP contribution in [0.3, 0.4) is 0 Å². The summed E-state index contributed by atoms with van der Waals surface area (Å²) in [6, 6.07) is 5.75. The van der Waals surface area contributed by atoms with Gasteiger partial charge in [-0.2, -0.15) is 13.2 Å². The van der Waals surface area contributed by atoms with Crippen LogP contribution in [0, 0.1) is 5.82 Å². The Hall–Kier alpha value is -1.30. The Morgan fingerprint density at radius 2 is 1.85 bits per heavy atom. The van der Waals surface area contributed by atoms with E-state index in [0.29, 0.717) is 37.8 Å². The normalized spacial score (nSPS) is 13.1. The fraction of sp³-hybridized carbons (Fsp3) is 0.588. The highest BCUT2D eigenvalue weighted by Crippen LogP contribution is 2.15. The van der Waals surface area contributed by atoms with Crippen LogP contribution in [0.4, 0.5) is 17.6 Å². The number of nitrogens with zero attached hydrogens (tertiary/aromatic N) is 2. The van der Waals surface area contributed by atoms with E-state index in [1.807, 2.05) is 6.92 Å². The zero-order valence-electron chi connectivity index (χ0n) is 15.6. The molecule has 0 heterocycles. The lowest BCUT2D eigenvalue weighted by molar-refractivity contribution is -0.143. The molecule has 156 valence electrons. The van der Waals surface area contributed by atoms with Crippen LogP contribution in [0.15, 0.2) is 29.3 Å². The summed E-state index contributed by atoms with van der Waals surface area (Å²) in [5, 5.41) is 6.11. The van der Waals surface area contributed by atoms with Crippen LogP contribution in [-0.2, 0) is 0 Å². The van der Waals surface area contributed by atoms with E-state index in [1.54, 1.807) is 19.2 Å². The van der Waals surface area contributed by atoms with Gasteiger partial charge in [-0.1, -0.05) is 0 Å². The highest BCUT2D eigenvalue weighted by Gasteiger charge is 2.28. The van der Waals surface area contributed by atoms with E-state index in [0.717, 1.165) is 0 Å². The summed E-state index contributed by atoms with van der Waals surface area (Å²) in [5.74, 6) is 0.781. The maximum Gasteiger partial charge on any atom is 0.401 e. The van der Waals surface area contributed by atoms with Crippen molar-refractivity contribution < 1.29 is 22.3 Å². The van der Waals surface area contributed by atoms with Gasteiger partial charge < -0.3 is 15.4 Å². The molecule has 27 heavy (non-hydrogen) atoms. The second-order valence-electron chi connectivity index (χ2n) is 5.97. The second-order valence-corrected chi connectivity index (χ2v) is 5.97. The molecular weight excluding hydrogens is 479 g/mol. The molecule has 0 aliphatic carbocycles. The van der Waals surface area contributed by atoms with Gasteiger partial charge in [0.15, 0.2) is 5.96 Å². The Morgan fingerprint density at radius 3 is 2.41 bits per heavy atom. The fourth-order valence-corrected chi connectivity index (χ4v) is 2.19. The molecule has 2 N–H and O–H groups in total. The Morgan fingerprint density at radius 1 is 1.22 bits per heavy atom. The number of hydrogen-bond donors (Lipinski definition) is 2. The third kappa shape index (κ3) is 12.7. The molecule has 5 nitrogen and oxygen atoms in total. The largest absolute Gasteiger partial charge is 0.489 e. The number of benzene rings is 1. The minimum absolute atomic E-state index is 0. The van der Waals surface area contributed by atoms with E-state index in [1.165, 1.54) is 24.1 Å². The minimum atomic E-state index is -4.18. The van der Waals surface area contributed by atoms with Gasteiger partial charge in [-0.25, -0.2) is 4.39 Å². The van der Waals surface area contributed by atoms with Crippen molar-refractivity contribution in [3.8, 4) is 5.75 Å². The van der Waals surface area contributed by atoms with Crippen molar-refractivity contribution in [2.45, 2.75) is 25.6 Å². The summed E-state index contributed by atoms with van der Waals surface area (Å²) < 4.78 is 55.2. The lowest BCUT2D eigenvalue weighted by Gasteiger charge is -2.20. The molecule has 0 amide bonds. The van der Waals surface area contributed by atoms with Crippen LogP contribution >= 0.6 is 24.0 Å². The van der Waals surface area contributed by atoms with Crippen molar-refractivity contribution in [3.63, 3.8) is 0 Å². The minimum Gasteiger partial charge on any atom is -0.489 e. The van der Waals surface area contributed by atoms with Crippen molar-refractivity contribution in [1.29, 1.82) is 0 Å². The van der Waals surface area contributed by atoms with Crippen LogP contribution in [0.5, 0.6) is 5.75 Å². The molecule has 0 radical (unpaired) electrons. The van der Waals surface area contributed by atoms with Gasteiger partial charge in [-0.15, -0.1) is 24.0 Å². The van der Waals surface area contributed by atoms with Gasteiger partial charge in [0, 0.05) is 13.6 Å². The SMILES string of the molecule is CN=C(NCCCN(C)CC(F)(F)F)NCC(C)Oc1ccc(F)cc1.I. The molecule has 1 aromatic carbocycles. The van der Waals surface area contributed by atoms with Gasteiger partial charge in [-0.3, -0.25) is 9.89 Å². The van der Waals surface area contributed by atoms with Crippen LogP contribution in [0.1, 0.15) is 13.3 Å². The molecule has 0 aliphatic heterocycles. The molecule has 1 rings (SSSR count). The van der Waals surface area contributed by atoms with Crippen molar-refractivity contribution in [2.24, 2.45) is 4.99 Å². The van der Waals surface area contributed by atoms with Crippen LogP contribution in [0.2, 0.25) is 0 Å². The molecule has 0 fully saturated rings. The molecule has 0 aliphatic rings. The van der Waals surface area contributed by atoms with Gasteiger partial charge in [0.05, 0.1) is 13.1 Å². The number of aliphatic imine (C=N–C) groups is 1. The first-order chi connectivity index (χ1) is 12.2. The lowest BCUT2D eigenvalue weighted by Crippen LogP contribution is -2.42. The summed E-state index contributed by atoms with van der Waals surface area (Å²) in [6.07, 6.45) is -3.81. The third-order valence-corrected chi connectivity index (χ3v) is 3.39. The Balaban J connectivity index is 0.00000676. The zero-order chi connectivity index (χ0) is 19.6. The first kappa shape index (κ1) is 25.7. The Bertz CT molecular complexity index is 555. The van der Waals surface area contributed by atoms with Crippen molar-refractivity contribution in [3.05, 3.63) is 30.1 Å². The van der Waals surface area contributed by atoms with E-state index in [-0.39, 0.29) is 35.9 Å². The molecule has 0 saturated heterocycles. The van der Waals surface area contributed by atoms with E-state index >= 15 is 0 Å². The van der Waals surface area contributed by atoms with Crippen molar-refractivity contribution >= 4 is 29.9 Å². The number of ether oxygens (including phenoxy) is 1. The molecule has 1 aromatic rings. The molecule has 0 spiro atoms. The van der Waals surface area contributed by atoms with Gasteiger partial charge >= 0.3 is 6.18 Å². The number of guanidine groups is 1. The maximum absolute atomic E-state index is 12.9. The molecule has 1 atom stereocenters. The predicted molar refractivity (Wildman–Crippen MR) is 109 cm³/mol. The van der Waals surface area contributed by atoms with E-state index < -0.39 is 12.7 Å². The average molecular weight is 506 g/mol. The summed E-state index contributed by atoms with van der Waals surface area (Å²) in [7, 11) is 3.05. The Labute approximate surface area is 174 Å². The molecule has 0 aromatic heterocycles. The summed E-state index contributed by atoms with van der Waals surface area (Å²) >= 11 is 0. The maximum atomic E-state index is 12.9. The number of halogens is 5. The predicted octanol–water partition coefficient (Wildman–Crippen LogP) is 3.26. The highest BCUT2D eigenvalue weighted by atomic mass is 127. The third-order valence-electron chi connectivity index (χ3n) is 3.39. The summed E-state index contributed by atoms with van der Waals surface area (Å²) in [5.41, 5.74) is 0. The second kappa shape index (κ2) is 13.0. The smallest absolute Gasteiger partial charge is 0.401 e. The first-order valence-corrected chi connectivity index (χ1v) is 8.31. The number of alkyl halides is 3. The monoisotopic (exact) mass is 506 g/mol. The van der Waals surface area contributed by atoms with Crippen LogP contribution in [-0.4, -0.2) is 63.4 Å². The number of nitrogens with one attached hydrogen (secondary N) is 2. The molecule has 0 saturated carbocycles. The van der Waals surface area contributed by atoms with Crippen LogP contribution in [0.25, 0.3) is 0 Å². The summed E-state index contributed by atoms with van der Waals surface area (Å²) in [6.45, 7) is 2.22. The fourth-order valence-electron chi connectivity index (χ4n) is 2.19. The zero-order valence-corrected chi connectivity index (χ0v) is 18.0. The van der Waals surface area contributed by atoms with E-state index in [9.17, 15) is 17.6 Å². The van der Waals surface area contributed by atoms with E-state index in [2.05, 4.69) is 15.6 Å². The molecule has 10 heteroatoms. The van der Waals surface area contributed by atoms with Crippen molar-refractivity contribution in [1.82, 2.24) is 15.5 Å². The molecule has 0 bridgehead atoms. The highest BCUT2D eigenvalue weighted by molar-refractivity contribution is 14.0. The van der Waals surface area contributed by atoms with Crippen LogP contribution < -0.4 is 15.4 Å². The standard InChI is InChI=1S/C17H26F4N4O.HI/c1-13(26-15-7-5-14(18)6-8-15)11-24-16(22-2)23-9-4-10-25(3)12-17(19,20)21;/h5-8,13H,4,9-12H2,1-3H3,(H2,22,23,24);1H. The van der Waals surface area contributed by atoms with Gasteiger partial charge in [-0.05, 0) is 51.2 Å². The molecule has 1 unspecified atom stereocenters. The average Bonchev–Trinajstić information content (AvgIpc) is 2.54. The number of hydrogen-bond acceptors (Lipinski definition) is 3. The Kier molecular flexibility index (Phi) is 12.4. The summed E-state index contributed by atoms with van der Waals surface area (Å²) in [4.78, 5) is 5.28. The first-order valence-electron chi connectivity index (χ1n) is 8.31. The van der Waals surface area contributed by atoms with Gasteiger partial charge in [0.2, 0.25) is 0 Å². The van der Waals surface area contributed by atoms with E-state index in [4.69, 9.17) is 4.74 Å².